The minimum Gasteiger partial charge on any atom is -0.372 e. The molecule has 4 heteroatoms. The van der Waals surface area contributed by atoms with Gasteiger partial charge in [-0.3, -0.25) is 0 Å². The van der Waals surface area contributed by atoms with Crippen molar-refractivity contribution in [2.24, 2.45) is 0 Å². The molecule has 0 radical (unpaired) electrons. The number of rotatable bonds is 15. The van der Waals surface area contributed by atoms with Crippen LogP contribution < -0.4 is 4.90 Å². The fourth-order valence-corrected chi connectivity index (χ4v) is 6.65. The van der Waals surface area contributed by atoms with Crippen LogP contribution in [0.25, 0.3) is 18.2 Å². The molecule has 3 nitrogen and oxygen atoms in total. The predicted molar refractivity (Wildman–Crippen MR) is 188 cm³/mol. The van der Waals surface area contributed by atoms with Crippen molar-refractivity contribution < 1.29 is 9.06 Å². The summed E-state index contributed by atoms with van der Waals surface area (Å²) in [5.74, 6) is 0. The van der Waals surface area contributed by atoms with E-state index in [1.54, 1.807) is 0 Å². The molecule has 1 aromatic heterocycles. The van der Waals surface area contributed by atoms with Gasteiger partial charge >= 0.3 is 0 Å². The topological polar surface area (TPSA) is 6.25 Å². The normalized spacial score (nSPS) is 14.8. The number of nitrogens with zero attached hydrogens (tertiary/aromatic N) is 3. The summed E-state index contributed by atoms with van der Waals surface area (Å²) >= 11 is 1.85. The Labute approximate surface area is 260 Å². The average Bonchev–Trinajstić information content (AvgIpc) is 3.50. The second-order valence-corrected chi connectivity index (χ2v) is 14.4. The van der Waals surface area contributed by atoms with Gasteiger partial charge in [-0.25, -0.2) is 0 Å². The number of fused-ring (bicyclic) bond motifs is 1. The quantitative estimate of drug-likeness (QED) is 0.128. The van der Waals surface area contributed by atoms with E-state index < -0.39 is 0 Å². The molecule has 1 aliphatic rings. The summed E-state index contributed by atoms with van der Waals surface area (Å²) in [4.78, 5) is 5.12. The molecule has 0 fully saturated rings. The number of hydrogen-bond acceptors (Lipinski definition) is 2. The molecular formula is C38H53N3S+2. The maximum absolute atomic E-state index is 2.56. The zero-order valence-corrected chi connectivity index (χ0v) is 28.0. The predicted octanol–water partition coefficient (Wildman–Crippen LogP) is 9.51. The average molecular weight is 584 g/mol. The third-order valence-electron chi connectivity index (χ3n) is 8.32. The van der Waals surface area contributed by atoms with Crippen molar-refractivity contribution in [3.63, 3.8) is 0 Å². The number of hydrogen-bond donors (Lipinski definition) is 0. The van der Waals surface area contributed by atoms with Gasteiger partial charge < -0.3 is 9.38 Å². The number of thiophene rings is 1. The van der Waals surface area contributed by atoms with Gasteiger partial charge in [-0.15, -0.1) is 11.3 Å². The number of allylic oxidation sites excluding steroid dienone is 1. The molecular weight excluding hydrogens is 531 g/mol. The second kappa shape index (κ2) is 14.5. The summed E-state index contributed by atoms with van der Waals surface area (Å²) in [5, 5.41) is 0. The van der Waals surface area contributed by atoms with Crippen LogP contribution in [0, 0.1) is 0 Å². The van der Waals surface area contributed by atoms with E-state index in [0.29, 0.717) is 0 Å². The summed E-state index contributed by atoms with van der Waals surface area (Å²) in [7, 11) is 6.84. The van der Waals surface area contributed by atoms with Crippen LogP contribution in [0.15, 0.2) is 66.7 Å². The maximum Gasteiger partial charge on any atom is 0.209 e. The Morgan fingerprint density at radius 3 is 2.00 bits per heavy atom. The lowest BCUT2D eigenvalue weighted by Gasteiger charge is -2.24. The van der Waals surface area contributed by atoms with E-state index in [4.69, 9.17) is 0 Å². The summed E-state index contributed by atoms with van der Waals surface area (Å²) < 4.78 is 3.56. The molecule has 2 aromatic carbocycles. The van der Waals surface area contributed by atoms with Crippen LogP contribution in [0.3, 0.4) is 0 Å². The standard InChI is InChI=1S/C38H53N3S/c1-8-10-27-39(28-11-9-2)32-20-17-31(18-21-32)19-22-33-23-24-34(42-33)25-26-37-38(3,4)35-15-12-13-16-36(35)40(37)29-14-30-41(5,6)7/h12-13,15-26H,8-11,14,27-30H2,1-7H3/q+2. The molecule has 4 rings (SSSR count). The fraction of sp³-hybridized carbons (Fsp3) is 0.447. The minimum atomic E-state index is -0.0154. The Hall–Kier alpha value is -2.95. The first kappa shape index (κ1) is 32.0. The van der Waals surface area contributed by atoms with Crippen molar-refractivity contribution >= 4 is 46.7 Å². The number of benzene rings is 2. The molecule has 224 valence electrons. The van der Waals surface area contributed by atoms with Crippen LogP contribution in [0.1, 0.15) is 80.7 Å². The Balaban J connectivity index is 1.47. The highest BCUT2D eigenvalue weighted by Crippen LogP contribution is 2.40. The molecule has 0 N–H and O–H groups in total. The lowest BCUT2D eigenvalue weighted by Crippen LogP contribution is -2.36. The Morgan fingerprint density at radius 2 is 1.38 bits per heavy atom. The van der Waals surface area contributed by atoms with E-state index in [1.807, 2.05) is 11.3 Å². The van der Waals surface area contributed by atoms with Gasteiger partial charge in [0.15, 0.2) is 12.3 Å². The van der Waals surface area contributed by atoms with Gasteiger partial charge in [0.2, 0.25) is 5.69 Å². The first-order chi connectivity index (χ1) is 20.1. The van der Waals surface area contributed by atoms with Crippen LogP contribution in [0.4, 0.5) is 11.4 Å². The van der Waals surface area contributed by atoms with Crippen LogP contribution in [-0.2, 0) is 5.41 Å². The van der Waals surface area contributed by atoms with Gasteiger partial charge in [-0.2, -0.15) is 4.58 Å². The molecule has 0 amide bonds. The van der Waals surface area contributed by atoms with E-state index >= 15 is 0 Å². The highest BCUT2D eigenvalue weighted by molar-refractivity contribution is 7.13. The minimum absolute atomic E-state index is 0.0154. The zero-order chi connectivity index (χ0) is 30.2. The van der Waals surface area contributed by atoms with Crippen molar-refractivity contribution in [2.75, 3.05) is 52.2 Å². The molecule has 0 saturated carbocycles. The highest BCUT2D eigenvalue weighted by Gasteiger charge is 2.43. The molecule has 42 heavy (non-hydrogen) atoms. The van der Waals surface area contributed by atoms with Crippen molar-refractivity contribution in [3.05, 3.63) is 87.6 Å². The van der Waals surface area contributed by atoms with Gasteiger partial charge in [-0.1, -0.05) is 63.1 Å². The Kier molecular flexibility index (Phi) is 11.0. The van der Waals surface area contributed by atoms with Gasteiger partial charge in [0, 0.05) is 46.2 Å². The first-order valence-corrected chi connectivity index (χ1v) is 16.8. The first-order valence-electron chi connectivity index (χ1n) is 16.0. The molecule has 0 unspecified atom stereocenters. The number of para-hydroxylation sites is 1. The SMILES string of the molecule is CCCCN(CCCC)c1ccc(/C=C/c2ccc(/C=C/C3=[N+](CCC[N+](C)(C)C)c4ccccc4C3(C)C)s2)cc1. The molecule has 3 aromatic rings. The third-order valence-corrected chi connectivity index (χ3v) is 9.34. The Morgan fingerprint density at radius 1 is 0.762 bits per heavy atom. The summed E-state index contributed by atoms with van der Waals surface area (Å²) in [6, 6.07) is 22.5. The lowest BCUT2D eigenvalue weighted by molar-refractivity contribution is -0.871. The van der Waals surface area contributed by atoms with E-state index in [2.05, 4.69) is 143 Å². The molecule has 0 bridgehead atoms. The molecule has 0 aliphatic carbocycles. The van der Waals surface area contributed by atoms with Crippen molar-refractivity contribution in [3.8, 4) is 0 Å². The van der Waals surface area contributed by atoms with Gasteiger partial charge in [-0.05, 0) is 68.7 Å². The largest absolute Gasteiger partial charge is 0.372 e. The highest BCUT2D eigenvalue weighted by atomic mass is 32.1. The molecule has 1 aliphatic heterocycles. The van der Waals surface area contributed by atoms with Crippen molar-refractivity contribution in [1.82, 2.24) is 0 Å². The van der Waals surface area contributed by atoms with Crippen LogP contribution in [0.2, 0.25) is 0 Å². The lowest BCUT2D eigenvalue weighted by atomic mass is 9.81. The van der Waals surface area contributed by atoms with E-state index in [1.165, 1.54) is 63.7 Å². The van der Waals surface area contributed by atoms with E-state index in [9.17, 15) is 0 Å². The molecule has 0 spiro atoms. The van der Waals surface area contributed by atoms with Crippen LogP contribution in [0.5, 0.6) is 0 Å². The van der Waals surface area contributed by atoms with Gasteiger partial charge in [0.1, 0.15) is 0 Å². The zero-order valence-electron chi connectivity index (χ0n) is 27.2. The monoisotopic (exact) mass is 583 g/mol. The molecule has 0 saturated heterocycles. The van der Waals surface area contributed by atoms with Crippen molar-refractivity contribution in [2.45, 2.75) is 65.2 Å². The fourth-order valence-electron chi connectivity index (χ4n) is 5.84. The Bertz CT molecular complexity index is 1370. The van der Waals surface area contributed by atoms with Crippen molar-refractivity contribution in [1.29, 1.82) is 0 Å². The summed E-state index contributed by atoms with van der Waals surface area (Å²) in [6.07, 6.45) is 15.3. The number of anilines is 1. The molecule has 0 atom stereocenters. The number of unbranched alkanes of at least 4 members (excludes halogenated alkanes) is 2. The van der Waals surface area contributed by atoms with Gasteiger partial charge in [0.25, 0.3) is 0 Å². The summed E-state index contributed by atoms with van der Waals surface area (Å²) in [6.45, 7) is 13.8. The van der Waals surface area contributed by atoms with Crippen LogP contribution >= 0.6 is 11.3 Å². The van der Waals surface area contributed by atoms with Gasteiger partial charge in [0.05, 0.1) is 39.5 Å². The number of quaternary nitrogens is 1. The smallest absolute Gasteiger partial charge is 0.209 e. The second-order valence-electron chi connectivity index (χ2n) is 13.2. The third kappa shape index (κ3) is 8.33. The van der Waals surface area contributed by atoms with E-state index in [-0.39, 0.29) is 5.41 Å². The summed E-state index contributed by atoms with van der Waals surface area (Å²) in [5.41, 5.74) is 6.76. The maximum atomic E-state index is 2.56. The van der Waals surface area contributed by atoms with Crippen LogP contribution in [-0.4, -0.2) is 62.1 Å². The van der Waals surface area contributed by atoms with E-state index in [0.717, 1.165) is 37.1 Å². The molecule has 2 heterocycles.